The van der Waals surface area contributed by atoms with Gasteiger partial charge in [0.15, 0.2) is 18.1 Å². The molecule has 7 nitrogen and oxygen atoms in total. The van der Waals surface area contributed by atoms with Gasteiger partial charge in [0.1, 0.15) is 11.6 Å². The van der Waals surface area contributed by atoms with E-state index in [4.69, 9.17) is 32.7 Å². The van der Waals surface area contributed by atoms with Gasteiger partial charge >= 0.3 is 0 Å². The Hall–Kier alpha value is -3.26. The summed E-state index contributed by atoms with van der Waals surface area (Å²) in [6, 6.07) is 17.1. The van der Waals surface area contributed by atoms with Crippen LogP contribution in [0.4, 0.5) is 11.4 Å². The highest BCUT2D eigenvalue weighted by molar-refractivity contribution is 14.1. The number of hydrogen-bond acceptors (Lipinski definition) is 5. The van der Waals surface area contributed by atoms with Crippen molar-refractivity contribution in [3.63, 3.8) is 0 Å². The molecule has 10 heteroatoms. The van der Waals surface area contributed by atoms with Crippen molar-refractivity contribution in [2.24, 2.45) is 0 Å². The third kappa shape index (κ3) is 7.37. The Morgan fingerprint density at radius 3 is 2.50 bits per heavy atom. The van der Waals surface area contributed by atoms with Gasteiger partial charge in [0, 0.05) is 21.4 Å². The average molecular weight is 636 g/mol. The zero-order valence-corrected chi connectivity index (χ0v) is 22.9. The Kier molecular flexibility index (Phi) is 9.58. The van der Waals surface area contributed by atoms with E-state index in [2.05, 4.69) is 10.6 Å². The number of methoxy groups -OCH3 is 1. The number of carbonyl (C=O) groups is 2. The van der Waals surface area contributed by atoms with Crippen LogP contribution in [0.25, 0.3) is 6.08 Å². The van der Waals surface area contributed by atoms with Crippen LogP contribution in [0.1, 0.15) is 11.1 Å². The highest BCUT2D eigenvalue weighted by atomic mass is 127. The lowest BCUT2D eigenvalue weighted by Crippen LogP contribution is -2.20. The fourth-order valence-corrected chi connectivity index (χ4v) is 4.20. The van der Waals surface area contributed by atoms with E-state index in [1.54, 1.807) is 48.5 Å². The average Bonchev–Trinajstić information content (AvgIpc) is 2.83. The van der Waals surface area contributed by atoms with Crippen LogP contribution >= 0.6 is 45.8 Å². The highest BCUT2D eigenvalue weighted by Gasteiger charge is 2.16. The van der Waals surface area contributed by atoms with E-state index in [1.807, 2.05) is 41.7 Å². The second-order valence-corrected chi connectivity index (χ2v) is 9.48. The van der Waals surface area contributed by atoms with Crippen LogP contribution in [0.15, 0.2) is 60.2 Å². The van der Waals surface area contributed by atoms with Crippen LogP contribution in [0.3, 0.4) is 0 Å². The fourth-order valence-electron chi connectivity index (χ4n) is 3.05. The van der Waals surface area contributed by atoms with Gasteiger partial charge in [-0.2, -0.15) is 5.26 Å². The monoisotopic (exact) mass is 635 g/mol. The molecule has 36 heavy (non-hydrogen) atoms. The number of benzene rings is 3. The van der Waals surface area contributed by atoms with Crippen molar-refractivity contribution >= 4 is 75.1 Å². The van der Waals surface area contributed by atoms with E-state index < -0.39 is 5.91 Å². The van der Waals surface area contributed by atoms with Crippen molar-refractivity contribution in [1.82, 2.24) is 0 Å². The normalized spacial score (nSPS) is 10.8. The minimum atomic E-state index is -0.582. The molecule has 0 saturated carbocycles. The highest BCUT2D eigenvalue weighted by Crippen LogP contribution is 2.35. The number of amides is 2. The summed E-state index contributed by atoms with van der Waals surface area (Å²) in [6.45, 7) is 1.61. The third-order valence-electron chi connectivity index (χ3n) is 4.81. The van der Waals surface area contributed by atoms with Crippen LogP contribution in [0.2, 0.25) is 10.0 Å². The Bertz CT molecular complexity index is 1390. The van der Waals surface area contributed by atoms with Gasteiger partial charge in [0.2, 0.25) is 0 Å². The summed E-state index contributed by atoms with van der Waals surface area (Å²) in [4.78, 5) is 24.9. The Morgan fingerprint density at radius 1 is 1.08 bits per heavy atom. The molecule has 0 fully saturated rings. The third-order valence-corrected chi connectivity index (χ3v) is 6.26. The summed E-state index contributed by atoms with van der Waals surface area (Å²) in [6.07, 6.45) is 1.43. The molecular weight excluding hydrogens is 616 g/mol. The van der Waals surface area contributed by atoms with Crippen molar-refractivity contribution in [1.29, 1.82) is 5.26 Å². The molecule has 3 aromatic rings. The van der Waals surface area contributed by atoms with E-state index in [9.17, 15) is 14.9 Å². The molecule has 184 valence electrons. The largest absolute Gasteiger partial charge is 0.493 e. The van der Waals surface area contributed by atoms with E-state index >= 15 is 0 Å². The van der Waals surface area contributed by atoms with E-state index in [1.165, 1.54) is 13.2 Å². The Balaban J connectivity index is 1.73. The molecule has 2 amide bonds. The van der Waals surface area contributed by atoms with Gasteiger partial charge in [-0.3, -0.25) is 9.59 Å². The number of nitrogens with zero attached hydrogens (tertiary/aromatic N) is 1. The van der Waals surface area contributed by atoms with Crippen molar-refractivity contribution in [3.05, 3.63) is 84.9 Å². The lowest BCUT2D eigenvalue weighted by Gasteiger charge is -2.14. The number of rotatable bonds is 8. The molecule has 0 aliphatic heterocycles. The van der Waals surface area contributed by atoms with Crippen molar-refractivity contribution in [2.75, 3.05) is 24.4 Å². The second-order valence-electron chi connectivity index (χ2n) is 7.47. The van der Waals surface area contributed by atoms with Gasteiger partial charge in [0.05, 0.1) is 10.7 Å². The van der Waals surface area contributed by atoms with Crippen molar-refractivity contribution in [2.45, 2.75) is 6.92 Å². The van der Waals surface area contributed by atoms with E-state index in [-0.39, 0.29) is 18.1 Å². The fraction of sp³-hybridized carbons (Fsp3) is 0.115. The first-order valence-electron chi connectivity index (χ1n) is 10.4. The molecule has 0 bridgehead atoms. The van der Waals surface area contributed by atoms with Gasteiger partial charge in [-0.25, -0.2) is 0 Å². The van der Waals surface area contributed by atoms with Crippen molar-refractivity contribution in [3.8, 4) is 17.6 Å². The summed E-state index contributed by atoms with van der Waals surface area (Å²) in [7, 11) is 1.46. The maximum Gasteiger partial charge on any atom is 0.266 e. The number of nitriles is 1. The molecule has 2 N–H and O–H groups in total. The van der Waals surface area contributed by atoms with E-state index in [0.717, 1.165) is 5.56 Å². The summed E-state index contributed by atoms with van der Waals surface area (Å²) in [5.41, 5.74) is 2.36. The Morgan fingerprint density at radius 2 is 1.83 bits per heavy atom. The van der Waals surface area contributed by atoms with Gasteiger partial charge < -0.3 is 20.1 Å². The van der Waals surface area contributed by atoms with Crippen molar-refractivity contribution < 1.29 is 19.1 Å². The lowest BCUT2D eigenvalue weighted by molar-refractivity contribution is -0.118. The molecule has 0 spiro atoms. The second kappa shape index (κ2) is 12.6. The minimum absolute atomic E-state index is 0.113. The summed E-state index contributed by atoms with van der Waals surface area (Å²) in [5, 5.41) is 15.9. The molecule has 0 radical (unpaired) electrons. The molecule has 3 aromatic carbocycles. The summed E-state index contributed by atoms with van der Waals surface area (Å²) >= 11 is 14.1. The molecule has 0 aliphatic rings. The first kappa shape index (κ1) is 27.3. The molecule has 0 heterocycles. The van der Waals surface area contributed by atoms with Gasteiger partial charge in [-0.1, -0.05) is 35.3 Å². The van der Waals surface area contributed by atoms with Crippen LogP contribution in [0.5, 0.6) is 11.5 Å². The molecular formula is C26H20Cl2IN3O4. The van der Waals surface area contributed by atoms with Crippen LogP contribution in [0, 0.1) is 21.8 Å². The molecule has 0 aliphatic carbocycles. The maximum absolute atomic E-state index is 12.6. The minimum Gasteiger partial charge on any atom is -0.493 e. The van der Waals surface area contributed by atoms with Crippen LogP contribution in [-0.2, 0) is 9.59 Å². The van der Waals surface area contributed by atoms with Gasteiger partial charge in [-0.15, -0.1) is 0 Å². The number of ether oxygens (including phenoxy) is 2. The SMILES string of the molecule is COc1cc(/C=C(/C#N)C(=O)Nc2cccc(Cl)c2)cc(I)c1OCC(=O)Nc1ccc(C)c(Cl)c1. The molecule has 0 atom stereocenters. The number of halogens is 3. The number of hydrogen-bond donors (Lipinski definition) is 2. The number of carbonyl (C=O) groups excluding carboxylic acids is 2. The summed E-state index contributed by atoms with van der Waals surface area (Å²) in [5.74, 6) is -0.260. The number of aryl methyl sites for hydroxylation is 1. The van der Waals surface area contributed by atoms with Gasteiger partial charge in [0.25, 0.3) is 11.8 Å². The van der Waals surface area contributed by atoms with E-state index in [0.29, 0.717) is 42.1 Å². The Labute approximate surface area is 232 Å². The number of nitrogens with one attached hydrogen (secondary N) is 2. The zero-order chi connectivity index (χ0) is 26.2. The molecule has 0 saturated heterocycles. The maximum atomic E-state index is 12.6. The molecule has 0 aromatic heterocycles. The predicted molar refractivity (Wildman–Crippen MR) is 150 cm³/mol. The first-order valence-corrected chi connectivity index (χ1v) is 12.3. The zero-order valence-electron chi connectivity index (χ0n) is 19.2. The molecule has 0 unspecified atom stereocenters. The van der Waals surface area contributed by atoms with Crippen LogP contribution < -0.4 is 20.1 Å². The van der Waals surface area contributed by atoms with Gasteiger partial charge in [-0.05, 0) is 89.2 Å². The molecule has 3 rings (SSSR count). The first-order chi connectivity index (χ1) is 17.2. The predicted octanol–water partition coefficient (Wildman–Crippen LogP) is 6.48. The van der Waals surface area contributed by atoms with Crippen LogP contribution in [-0.4, -0.2) is 25.5 Å². The smallest absolute Gasteiger partial charge is 0.266 e. The lowest BCUT2D eigenvalue weighted by atomic mass is 10.1. The quantitative estimate of drug-likeness (QED) is 0.168. The standard InChI is InChI=1S/C26H20Cl2IN3O4/c1-15-6-7-20(12-21(15)28)31-24(33)14-36-25-22(29)9-16(10-23(25)35-2)8-17(13-30)26(34)32-19-5-3-4-18(27)11-19/h3-12H,14H2,1-2H3,(H,31,33)(H,32,34)/b17-8-. The number of anilines is 2. The topological polar surface area (TPSA) is 100 Å². The summed E-state index contributed by atoms with van der Waals surface area (Å²) < 4.78 is 11.8.